The minimum absolute atomic E-state index is 0.0310. The van der Waals surface area contributed by atoms with Crippen molar-refractivity contribution in [2.24, 2.45) is 5.92 Å². The van der Waals surface area contributed by atoms with E-state index in [1.807, 2.05) is 0 Å². The molecular weight excluding hydrogens is 322 g/mol. The summed E-state index contributed by atoms with van der Waals surface area (Å²) in [5.74, 6) is -3.46. The third-order valence-corrected chi connectivity index (χ3v) is 3.21. The number of alkyl halides is 6. The van der Waals surface area contributed by atoms with Crippen molar-refractivity contribution in [1.82, 2.24) is 10.3 Å². The molecule has 2 nitrogen and oxygen atoms in total. The van der Waals surface area contributed by atoms with E-state index in [9.17, 15) is 26.3 Å². The van der Waals surface area contributed by atoms with Gasteiger partial charge in [-0.15, -0.1) is 0 Å². The molecule has 1 unspecified atom stereocenters. The molecule has 0 spiro atoms. The van der Waals surface area contributed by atoms with Crippen LogP contribution in [0.15, 0.2) is 18.5 Å². The topological polar surface area (TPSA) is 24.9 Å². The number of aromatic nitrogens is 1. The smallest absolute Gasteiger partial charge is 0.313 e. The Morgan fingerprint density at radius 3 is 2.19 bits per heavy atom. The van der Waals surface area contributed by atoms with Gasteiger partial charge in [-0.1, -0.05) is 18.5 Å². The lowest BCUT2D eigenvalue weighted by atomic mass is 9.92. The van der Waals surface area contributed by atoms with Crippen LogP contribution in [0.2, 0.25) is 5.02 Å². The summed E-state index contributed by atoms with van der Waals surface area (Å²) in [6.45, 7) is 1.40. The van der Waals surface area contributed by atoms with Crippen molar-refractivity contribution in [3.05, 3.63) is 29.0 Å². The number of rotatable bonds is 5. The SMILES string of the molecule is CCNC(Cc1ccncc1Cl)C(C(F)(F)F)C(F)(F)F. The van der Waals surface area contributed by atoms with Gasteiger partial charge >= 0.3 is 12.4 Å². The maximum atomic E-state index is 12.8. The van der Waals surface area contributed by atoms with Crippen LogP contribution in [0.25, 0.3) is 0 Å². The molecule has 0 fully saturated rings. The van der Waals surface area contributed by atoms with Crippen molar-refractivity contribution in [2.45, 2.75) is 31.7 Å². The van der Waals surface area contributed by atoms with Crippen LogP contribution in [-0.2, 0) is 6.42 Å². The molecule has 9 heteroatoms. The number of hydrogen-bond acceptors (Lipinski definition) is 2. The Labute approximate surface area is 122 Å². The van der Waals surface area contributed by atoms with Gasteiger partial charge in [0.2, 0.25) is 0 Å². The van der Waals surface area contributed by atoms with Crippen LogP contribution in [0.1, 0.15) is 12.5 Å². The maximum absolute atomic E-state index is 12.8. The van der Waals surface area contributed by atoms with Crippen molar-refractivity contribution in [3.8, 4) is 0 Å². The zero-order chi connectivity index (χ0) is 16.3. The lowest BCUT2D eigenvalue weighted by Gasteiger charge is -2.31. The van der Waals surface area contributed by atoms with Crippen LogP contribution in [-0.4, -0.2) is 29.9 Å². The monoisotopic (exact) mass is 334 g/mol. The van der Waals surface area contributed by atoms with Gasteiger partial charge in [-0.05, 0) is 24.6 Å². The Kier molecular flexibility index (Phi) is 5.86. The highest BCUT2D eigenvalue weighted by molar-refractivity contribution is 6.31. The van der Waals surface area contributed by atoms with Gasteiger partial charge in [0, 0.05) is 18.4 Å². The second kappa shape index (κ2) is 6.83. The Balaban J connectivity index is 3.11. The van der Waals surface area contributed by atoms with Gasteiger partial charge < -0.3 is 5.32 Å². The van der Waals surface area contributed by atoms with Gasteiger partial charge in [-0.3, -0.25) is 4.98 Å². The van der Waals surface area contributed by atoms with Gasteiger partial charge in [-0.25, -0.2) is 0 Å². The average Bonchev–Trinajstić information content (AvgIpc) is 2.28. The van der Waals surface area contributed by atoms with Crippen LogP contribution in [0.3, 0.4) is 0 Å². The third-order valence-electron chi connectivity index (χ3n) is 2.87. The summed E-state index contributed by atoms with van der Waals surface area (Å²) in [5, 5.41) is 2.28. The van der Waals surface area contributed by atoms with Crippen molar-refractivity contribution < 1.29 is 26.3 Å². The second-order valence-corrected chi connectivity index (χ2v) is 4.80. The summed E-state index contributed by atoms with van der Waals surface area (Å²) in [6.07, 6.45) is -8.86. The zero-order valence-corrected chi connectivity index (χ0v) is 11.6. The lowest BCUT2D eigenvalue weighted by Crippen LogP contribution is -2.52. The predicted molar refractivity (Wildman–Crippen MR) is 66.0 cm³/mol. The molecule has 1 aromatic heterocycles. The molecular formula is C12H13ClF6N2. The quantitative estimate of drug-likeness (QED) is 0.823. The zero-order valence-electron chi connectivity index (χ0n) is 10.9. The Morgan fingerprint density at radius 2 is 1.76 bits per heavy atom. The van der Waals surface area contributed by atoms with Crippen molar-refractivity contribution in [3.63, 3.8) is 0 Å². The first-order valence-corrected chi connectivity index (χ1v) is 6.40. The van der Waals surface area contributed by atoms with Crippen molar-refractivity contribution >= 4 is 11.6 Å². The van der Waals surface area contributed by atoms with E-state index in [4.69, 9.17) is 11.6 Å². The molecule has 0 radical (unpaired) electrons. The van der Waals surface area contributed by atoms with Crippen LogP contribution in [0, 0.1) is 5.92 Å². The molecule has 21 heavy (non-hydrogen) atoms. The molecule has 0 aliphatic carbocycles. The van der Waals surface area contributed by atoms with Gasteiger partial charge in [0.15, 0.2) is 5.92 Å². The van der Waals surface area contributed by atoms with Crippen molar-refractivity contribution in [2.75, 3.05) is 6.54 Å². The average molecular weight is 335 g/mol. The lowest BCUT2D eigenvalue weighted by molar-refractivity contribution is -0.291. The van der Waals surface area contributed by atoms with Gasteiger partial charge in [0.05, 0.1) is 5.02 Å². The van der Waals surface area contributed by atoms with Gasteiger partial charge in [-0.2, -0.15) is 26.3 Å². The summed E-state index contributed by atoms with van der Waals surface area (Å²) >= 11 is 5.75. The number of halogens is 7. The number of nitrogens with zero attached hydrogens (tertiary/aromatic N) is 1. The first-order chi connectivity index (χ1) is 9.57. The summed E-state index contributed by atoms with van der Waals surface area (Å²) < 4.78 is 76.7. The number of likely N-dealkylation sites (N-methyl/N-ethyl adjacent to an activating group) is 1. The summed E-state index contributed by atoms with van der Waals surface area (Å²) in [6, 6.07) is -0.550. The Bertz CT molecular complexity index is 446. The molecule has 1 N–H and O–H groups in total. The van der Waals surface area contributed by atoms with E-state index in [1.54, 1.807) is 0 Å². The molecule has 0 aliphatic rings. The minimum Gasteiger partial charge on any atom is -0.313 e. The molecule has 1 aromatic rings. The van der Waals surface area contributed by atoms with E-state index in [-0.39, 0.29) is 17.1 Å². The summed E-state index contributed by atoms with van der Waals surface area (Å²) in [7, 11) is 0. The summed E-state index contributed by atoms with van der Waals surface area (Å²) in [5.41, 5.74) is 0.177. The molecule has 0 saturated heterocycles. The normalized spacial score (nSPS) is 14.5. The summed E-state index contributed by atoms with van der Waals surface area (Å²) in [4.78, 5) is 3.64. The van der Waals surface area contributed by atoms with Crippen molar-refractivity contribution in [1.29, 1.82) is 0 Å². The van der Waals surface area contributed by atoms with Crippen LogP contribution >= 0.6 is 11.6 Å². The van der Waals surface area contributed by atoms with E-state index >= 15 is 0 Å². The fourth-order valence-electron chi connectivity index (χ4n) is 2.02. The molecule has 0 aromatic carbocycles. The van der Waals surface area contributed by atoms with E-state index in [1.165, 1.54) is 25.4 Å². The number of hydrogen-bond donors (Lipinski definition) is 1. The highest BCUT2D eigenvalue weighted by atomic mass is 35.5. The van der Waals surface area contributed by atoms with Crippen LogP contribution in [0.5, 0.6) is 0 Å². The highest BCUT2D eigenvalue weighted by Crippen LogP contribution is 2.42. The van der Waals surface area contributed by atoms with E-state index in [0.717, 1.165) is 0 Å². The molecule has 120 valence electrons. The first-order valence-electron chi connectivity index (χ1n) is 6.02. The van der Waals surface area contributed by atoms with Gasteiger partial charge in [0.25, 0.3) is 0 Å². The van der Waals surface area contributed by atoms with Crippen LogP contribution in [0.4, 0.5) is 26.3 Å². The number of nitrogens with one attached hydrogen (secondary N) is 1. The predicted octanol–water partition coefficient (Wildman–Crippen LogP) is 4.00. The minimum atomic E-state index is -5.40. The largest absolute Gasteiger partial charge is 0.402 e. The fraction of sp³-hybridized carbons (Fsp3) is 0.583. The third kappa shape index (κ3) is 5.03. The second-order valence-electron chi connectivity index (χ2n) is 4.40. The van der Waals surface area contributed by atoms with E-state index < -0.39 is 30.7 Å². The fourth-order valence-corrected chi connectivity index (χ4v) is 2.21. The molecule has 1 atom stereocenters. The highest BCUT2D eigenvalue weighted by Gasteiger charge is 2.59. The van der Waals surface area contributed by atoms with Gasteiger partial charge in [0.1, 0.15) is 0 Å². The molecule has 0 amide bonds. The first kappa shape index (κ1) is 18.0. The number of pyridine rings is 1. The molecule has 1 heterocycles. The molecule has 0 bridgehead atoms. The Morgan fingerprint density at radius 1 is 1.19 bits per heavy atom. The standard InChI is InChI=1S/C12H13ClF6N2/c1-2-21-9(5-7-3-4-20-6-8(7)13)10(11(14,15)16)12(17,18)19/h3-4,6,9-10,21H,2,5H2,1H3. The maximum Gasteiger partial charge on any atom is 0.402 e. The molecule has 0 aliphatic heterocycles. The van der Waals surface area contributed by atoms with Crippen LogP contribution < -0.4 is 5.32 Å². The molecule has 1 rings (SSSR count). The van der Waals surface area contributed by atoms with E-state index in [2.05, 4.69) is 10.3 Å². The Hall–Kier alpha value is -1.02. The molecule has 0 saturated carbocycles. The van der Waals surface area contributed by atoms with E-state index in [0.29, 0.717) is 0 Å².